The maximum absolute atomic E-state index is 12.7. The van der Waals surface area contributed by atoms with Gasteiger partial charge in [-0.15, -0.1) is 11.8 Å². The van der Waals surface area contributed by atoms with Crippen LogP contribution in [0.5, 0.6) is 0 Å². The van der Waals surface area contributed by atoms with Gasteiger partial charge in [-0.05, 0) is 0 Å². The number of nitriles is 2. The van der Waals surface area contributed by atoms with Gasteiger partial charge in [-0.3, -0.25) is 9.69 Å². The van der Waals surface area contributed by atoms with Gasteiger partial charge in [-0.25, -0.2) is 0 Å². The van der Waals surface area contributed by atoms with Crippen molar-refractivity contribution in [2.45, 2.75) is 24.2 Å². The van der Waals surface area contributed by atoms with E-state index in [4.69, 9.17) is 0 Å². The van der Waals surface area contributed by atoms with Crippen molar-refractivity contribution in [2.75, 3.05) is 11.1 Å². The van der Waals surface area contributed by atoms with Crippen molar-refractivity contribution in [1.82, 2.24) is 4.90 Å². The summed E-state index contributed by atoms with van der Waals surface area (Å²) in [4.78, 5) is 14.3. The third-order valence-electron chi connectivity index (χ3n) is 3.65. The molecule has 2 aliphatic rings. The fourth-order valence-corrected chi connectivity index (χ4v) is 4.94. The predicted octanol–water partition coefficient (Wildman–Crippen LogP) is 2.76. The van der Waals surface area contributed by atoms with Crippen molar-refractivity contribution in [3.05, 3.63) is 10.6 Å². The number of thioether (sulfide) groups is 1. The van der Waals surface area contributed by atoms with E-state index in [0.717, 1.165) is 5.75 Å². The summed E-state index contributed by atoms with van der Waals surface area (Å²) in [7, 11) is 0. The van der Waals surface area contributed by atoms with Crippen LogP contribution in [0, 0.1) is 28.1 Å². The van der Waals surface area contributed by atoms with Gasteiger partial charge in [0.1, 0.15) is 0 Å². The molecule has 0 aromatic carbocycles. The van der Waals surface area contributed by atoms with Crippen LogP contribution in [0.15, 0.2) is 10.6 Å². The van der Waals surface area contributed by atoms with Crippen LogP contribution in [0.4, 0.5) is 0 Å². The molecule has 2 unspecified atom stereocenters. The second-order valence-electron chi connectivity index (χ2n) is 4.98. The molecule has 7 heteroatoms. The van der Waals surface area contributed by atoms with Gasteiger partial charge >= 0.3 is 0 Å². The summed E-state index contributed by atoms with van der Waals surface area (Å²) >= 11 is 8.19. The highest BCUT2D eigenvalue weighted by Crippen LogP contribution is 2.54. The maximum atomic E-state index is 12.7. The summed E-state index contributed by atoms with van der Waals surface area (Å²) < 4.78 is -1.39. The monoisotopic (exact) mass is 403 g/mol. The van der Waals surface area contributed by atoms with Gasteiger partial charge in [0, 0.05) is 16.5 Å². The average molecular weight is 405 g/mol. The SMILES string of the molecule is CC1(C)C(C#N)=C2SCC(CBr)N2C(=O)C1(Br)C#N. The van der Waals surface area contributed by atoms with E-state index in [0.29, 0.717) is 15.9 Å². The second-order valence-corrected chi connectivity index (χ2v) is 7.83. The van der Waals surface area contributed by atoms with Gasteiger partial charge < -0.3 is 0 Å². The van der Waals surface area contributed by atoms with Crippen molar-refractivity contribution in [2.24, 2.45) is 5.41 Å². The summed E-state index contributed by atoms with van der Waals surface area (Å²) in [6.07, 6.45) is 0. The Morgan fingerprint density at radius 3 is 2.63 bits per heavy atom. The first-order valence-corrected chi connectivity index (χ1v) is 8.52. The zero-order valence-corrected chi connectivity index (χ0v) is 14.4. The highest BCUT2D eigenvalue weighted by Gasteiger charge is 2.61. The largest absolute Gasteiger partial charge is 0.299 e. The van der Waals surface area contributed by atoms with Gasteiger partial charge in [-0.1, -0.05) is 45.7 Å². The molecule has 0 spiro atoms. The van der Waals surface area contributed by atoms with Crippen molar-refractivity contribution in [3.8, 4) is 12.1 Å². The third-order valence-corrected chi connectivity index (χ3v) is 7.13. The fraction of sp³-hybridized carbons (Fsp3) is 0.583. The van der Waals surface area contributed by atoms with E-state index >= 15 is 0 Å². The number of alkyl halides is 2. The minimum Gasteiger partial charge on any atom is -0.299 e. The molecule has 0 N–H and O–H groups in total. The molecule has 0 aromatic heterocycles. The Morgan fingerprint density at radius 2 is 2.16 bits per heavy atom. The number of halogens is 2. The molecule has 0 bridgehead atoms. The quantitative estimate of drug-likeness (QED) is 0.630. The smallest absolute Gasteiger partial charge is 0.260 e. The van der Waals surface area contributed by atoms with Gasteiger partial charge in [0.25, 0.3) is 5.91 Å². The number of amides is 1. The molecule has 2 aliphatic heterocycles. The third kappa shape index (κ3) is 1.79. The van der Waals surface area contributed by atoms with E-state index in [1.165, 1.54) is 11.8 Å². The summed E-state index contributed by atoms with van der Waals surface area (Å²) in [6.45, 7) is 3.52. The molecule has 1 saturated heterocycles. The number of nitrogens with zero attached hydrogens (tertiary/aromatic N) is 3. The molecular formula is C12H11Br2N3OS. The predicted molar refractivity (Wildman–Crippen MR) is 80.6 cm³/mol. The molecule has 2 rings (SSSR count). The Balaban J connectivity index is 2.71. The van der Waals surface area contributed by atoms with E-state index in [1.54, 1.807) is 18.7 Å². The molecule has 0 radical (unpaired) electrons. The van der Waals surface area contributed by atoms with Gasteiger partial charge in [0.05, 0.1) is 28.8 Å². The molecule has 2 atom stereocenters. The molecule has 1 amide bonds. The highest BCUT2D eigenvalue weighted by atomic mass is 79.9. The zero-order chi connectivity index (χ0) is 14.4. The first kappa shape index (κ1) is 14.9. The van der Waals surface area contributed by atoms with Gasteiger partial charge in [0.15, 0.2) is 4.32 Å². The van der Waals surface area contributed by atoms with Crippen LogP contribution in [0.25, 0.3) is 0 Å². The molecule has 19 heavy (non-hydrogen) atoms. The average Bonchev–Trinajstić information content (AvgIpc) is 2.79. The number of hydrogen-bond donors (Lipinski definition) is 0. The topological polar surface area (TPSA) is 67.9 Å². The minimum absolute atomic E-state index is 0.0165. The van der Waals surface area contributed by atoms with Crippen LogP contribution in [0.2, 0.25) is 0 Å². The van der Waals surface area contributed by atoms with E-state index in [-0.39, 0.29) is 11.9 Å². The molecule has 0 aromatic rings. The van der Waals surface area contributed by atoms with E-state index < -0.39 is 9.74 Å². The van der Waals surface area contributed by atoms with E-state index in [2.05, 4.69) is 44.0 Å². The van der Waals surface area contributed by atoms with Crippen LogP contribution in [-0.4, -0.2) is 32.3 Å². The van der Waals surface area contributed by atoms with Crippen LogP contribution in [0.1, 0.15) is 13.8 Å². The second kappa shape index (κ2) is 4.80. The van der Waals surface area contributed by atoms with E-state index in [1.807, 2.05) is 0 Å². The Bertz CT molecular complexity index is 560. The Labute approximate surface area is 133 Å². The van der Waals surface area contributed by atoms with Crippen LogP contribution < -0.4 is 0 Å². The molecule has 0 saturated carbocycles. The number of rotatable bonds is 1. The number of carbonyl (C=O) groups is 1. The molecule has 0 aliphatic carbocycles. The lowest BCUT2D eigenvalue weighted by Crippen LogP contribution is -2.58. The molecule has 2 heterocycles. The Hall–Kier alpha value is -0.500. The van der Waals surface area contributed by atoms with Crippen LogP contribution >= 0.6 is 43.6 Å². The lowest BCUT2D eigenvalue weighted by Gasteiger charge is -2.44. The first-order chi connectivity index (χ1) is 8.85. The number of hydrogen-bond acceptors (Lipinski definition) is 4. The summed E-state index contributed by atoms with van der Waals surface area (Å²) in [6, 6.07) is 4.23. The fourth-order valence-electron chi connectivity index (χ4n) is 2.30. The Morgan fingerprint density at radius 1 is 1.53 bits per heavy atom. The summed E-state index contributed by atoms with van der Waals surface area (Å²) in [5.41, 5.74) is -0.355. The molecule has 4 nitrogen and oxygen atoms in total. The van der Waals surface area contributed by atoms with Crippen molar-refractivity contribution < 1.29 is 4.79 Å². The number of fused-ring (bicyclic) bond motifs is 1. The van der Waals surface area contributed by atoms with Gasteiger partial charge in [-0.2, -0.15) is 10.5 Å². The van der Waals surface area contributed by atoms with Crippen LogP contribution in [0.3, 0.4) is 0 Å². The highest BCUT2D eigenvalue weighted by molar-refractivity contribution is 9.10. The number of carbonyl (C=O) groups excluding carboxylic acids is 1. The lowest BCUT2D eigenvalue weighted by molar-refractivity contribution is -0.133. The van der Waals surface area contributed by atoms with Crippen molar-refractivity contribution >= 4 is 49.5 Å². The maximum Gasteiger partial charge on any atom is 0.260 e. The lowest BCUT2D eigenvalue weighted by atomic mass is 9.71. The normalized spacial score (nSPS) is 32.8. The summed E-state index contributed by atoms with van der Waals surface area (Å²) in [5.74, 6) is 0.464. The molecule has 1 fully saturated rings. The van der Waals surface area contributed by atoms with E-state index in [9.17, 15) is 15.3 Å². The Kier molecular flexibility index (Phi) is 3.77. The standard InChI is InChI=1S/C12H11Br2N3OS/c1-11(2)8(4-15)9-17(7(3-13)5-19-9)10(18)12(11,14)6-16/h7H,3,5H2,1-2H3. The molecular weight excluding hydrogens is 394 g/mol. The van der Waals surface area contributed by atoms with Crippen molar-refractivity contribution in [3.63, 3.8) is 0 Å². The zero-order valence-electron chi connectivity index (χ0n) is 10.4. The first-order valence-electron chi connectivity index (χ1n) is 5.62. The molecule has 100 valence electrons. The number of allylic oxidation sites excluding steroid dienone is 1. The van der Waals surface area contributed by atoms with Crippen molar-refractivity contribution in [1.29, 1.82) is 10.5 Å². The van der Waals surface area contributed by atoms with Crippen LogP contribution in [-0.2, 0) is 4.79 Å². The summed E-state index contributed by atoms with van der Waals surface area (Å²) in [5, 5.41) is 20.2. The minimum atomic E-state index is -1.39. The van der Waals surface area contributed by atoms with Gasteiger partial charge in [0.2, 0.25) is 0 Å².